The zero-order valence-corrected chi connectivity index (χ0v) is 12.1. The number of hydrogen-bond donors (Lipinski definition) is 2. The van der Waals surface area contributed by atoms with Crippen molar-refractivity contribution >= 4 is 10.0 Å². The third-order valence-electron chi connectivity index (χ3n) is 2.58. The standard InChI is InChI=1S/C10H12F3N5O3S/c1-21-6-18-9(2-3-14-18)22(19,20)15-5-7-4-8(17-16-7)10(11,12)13/h2-4,15H,5-6H2,1H3,(H,16,17). The van der Waals surface area contributed by atoms with Crippen molar-refractivity contribution in [3.63, 3.8) is 0 Å². The first kappa shape index (κ1) is 16.5. The normalized spacial score (nSPS) is 12.7. The van der Waals surface area contributed by atoms with Crippen LogP contribution in [0, 0.1) is 0 Å². The molecule has 0 saturated carbocycles. The monoisotopic (exact) mass is 339 g/mol. The predicted molar refractivity (Wildman–Crippen MR) is 66.9 cm³/mol. The van der Waals surface area contributed by atoms with Gasteiger partial charge in [0, 0.05) is 7.11 Å². The lowest BCUT2D eigenvalue weighted by Gasteiger charge is -2.08. The molecule has 0 atom stereocenters. The molecule has 0 aromatic carbocycles. The van der Waals surface area contributed by atoms with Crippen molar-refractivity contribution in [3.05, 3.63) is 29.7 Å². The van der Waals surface area contributed by atoms with Gasteiger partial charge in [-0.2, -0.15) is 23.4 Å². The Morgan fingerprint density at radius 1 is 1.45 bits per heavy atom. The molecule has 0 amide bonds. The second kappa shape index (κ2) is 6.06. The summed E-state index contributed by atoms with van der Waals surface area (Å²) in [5.41, 5.74) is -1.14. The van der Waals surface area contributed by atoms with E-state index in [0.29, 0.717) is 0 Å². The third-order valence-corrected chi connectivity index (χ3v) is 4.00. The average molecular weight is 339 g/mol. The number of rotatable bonds is 6. The summed E-state index contributed by atoms with van der Waals surface area (Å²) in [5.74, 6) is 0. The van der Waals surface area contributed by atoms with Crippen LogP contribution in [0.2, 0.25) is 0 Å². The summed E-state index contributed by atoms with van der Waals surface area (Å²) in [6.07, 6.45) is -3.32. The number of H-pyrrole nitrogens is 1. The zero-order valence-electron chi connectivity index (χ0n) is 11.3. The highest BCUT2D eigenvalue weighted by atomic mass is 32.2. The zero-order chi connectivity index (χ0) is 16.4. The van der Waals surface area contributed by atoms with E-state index < -0.39 is 21.9 Å². The number of aromatic amines is 1. The Kier molecular flexibility index (Phi) is 4.53. The number of aromatic nitrogens is 4. The third kappa shape index (κ3) is 3.64. The largest absolute Gasteiger partial charge is 0.435 e. The Labute approximate surface area is 123 Å². The first-order chi connectivity index (χ1) is 10.2. The summed E-state index contributed by atoms with van der Waals surface area (Å²) in [6, 6.07) is 1.98. The van der Waals surface area contributed by atoms with Crippen LogP contribution in [-0.4, -0.2) is 35.5 Å². The van der Waals surface area contributed by atoms with Gasteiger partial charge in [0.15, 0.2) is 10.7 Å². The van der Waals surface area contributed by atoms with Crippen molar-refractivity contribution < 1.29 is 26.3 Å². The fourth-order valence-electron chi connectivity index (χ4n) is 1.61. The van der Waals surface area contributed by atoms with Gasteiger partial charge in [0.05, 0.1) is 18.4 Å². The van der Waals surface area contributed by atoms with Crippen molar-refractivity contribution in [2.24, 2.45) is 0 Å². The molecular weight excluding hydrogens is 327 g/mol. The van der Waals surface area contributed by atoms with Gasteiger partial charge in [-0.25, -0.2) is 17.8 Å². The summed E-state index contributed by atoms with van der Waals surface area (Å²) in [7, 11) is -2.58. The highest BCUT2D eigenvalue weighted by Gasteiger charge is 2.33. The first-order valence-electron chi connectivity index (χ1n) is 5.86. The van der Waals surface area contributed by atoms with E-state index in [9.17, 15) is 21.6 Å². The summed E-state index contributed by atoms with van der Waals surface area (Å²) in [6.45, 7) is -0.449. The van der Waals surface area contributed by atoms with Crippen LogP contribution in [0.5, 0.6) is 0 Å². The van der Waals surface area contributed by atoms with Gasteiger partial charge >= 0.3 is 6.18 Å². The van der Waals surface area contributed by atoms with Crippen molar-refractivity contribution in [2.45, 2.75) is 24.5 Å². The van der Waals surface area contributed by atoms with Gasteiger partial charge in [0.25, 0.3) is 10.0 Å². The molecule has 2 aromatic rings. The topological polar surface area (TPSA) is 102 Å². The second-order valence-corrected chi connectivity index (χ2v) is 5.90. The van der Waals surface area contributed by atoms with Crippen molar-refractivity contribution in [1.82, 2.24) is 24.7 Å². The van der Waals surface area contributed by atoms with Crippen molar-refractivity contribution in [3.8, 4) is 0 Å². The smallest absolute Gasteiger partial charge is 0.362 e. The lowest BCUT2D eigenvalue weighted by Crippen LogP contribution is -2.26. The van der Waals surface area contributed by atoms with Crippen molar-refractivity contribution in [1.29, 1.82) is 0 Å². The maximum atomic E-state index is 12.4. The van der Waals surface area contributed by atoms with E-state index in [1.54, 1.807) is 0 Å². The van der Waals surface area contributed by atoms with Crippen LogP contribution in [0.25, 0.3) is 0 Å². The molecule has 0 spiro atoms. The molecule has 2 rings (SSSR count). The molecule has 22 heavy (non-hydrogen) atoms. The van der Waals surface area contributed by atoms with Gasteiger partial charge in [0.1, 0.15) is 6.73 Å². The van der Waals surface area contributed by atoms with Crippen molar-refractivity contribution in [2.75, 3.05) is 7.11 Å². The summed E-state index contributed by atoms with van der Waals surface area (Å²) < 4.78 is 69.4. The number of methoxy groups -OCH3 is 1. The number of halogens is 3. The molecule has 0 saturated heterocycles. The quantitative estimate of drug-likeness (QED) is 0.807. The van der Waals surface area contributed by atoms with E-state index in [4.69, 9.17) is 4.74 Å². The van der Waals surface area contributed by atoms with Gasteiger partial charge in [-0.15, -0.1) is 0 Å². The Morgan fingerprint density at radius 3 is 2.77 bits per heavy atom. The molecule has 0 fully saturated rings. The van der Waals surface area contributed by atoms with Gasteiger partial charge in [0.2, 0.25) is 0 Å². The number of hydrogen-bond acceptors (Lipinski definition) is 5. The molecule has 8 nitrogen and oxygen atoms in total. The number of sulfonamides is 1. The van der Waals surface area contributed by atoms with Crippen LogP contribution >= 0.6 is 0 Å². The number of alkyl halides is 3. The lowest BCUT2D eigenvalue weighted by molar-refractivity contribution is -0.141. The Balaban J connectivity index is 2.10. The van der Waals surface area contributed by atoms with Gasteiger partial charge in [-0.05, 0) is 12.1 Å². The molecule has 2 N–H and O–H groups in total. The molecule has 2 heterocycles. The molecule has 0 aliphatic rings. The Bertz CT molecular complexity index is 737. The minimum absolute atomic E-state index is 0.0197. The maximum Gasteiger partial charge on any atom is 0.435 e. The van der Waals surface area contributed by atoms with E-state index >= 15 is 0 Å². The van der Waals surface area contributed by atoms with Crippen LogP contribution in [0.1, 0.15) is 11.4 Å². The summed E-state index contributed by atoms with van der Waals surface area (Å²) in [5, 5.41) is 8.81. The van der Waals surface area contributed by atoms with E-state index in [-0.39, 0.29) is 24.0 Å². The second-order valence-electron chi connectivity index (χ2n) is 4.19. The molecule has 2 aromatic heterocycles. The molecule has 0 bridgehead atoms. The number of nitrogens with zero attached hydrogens (tertiary/aromatic N) is 3. The summed E-state index contributed by atoms with van der Waals surface area (Å²) in [4.78, 5) is 0. The molecule has 0 radical (unpaired) electrons. The maximum absolute atomic E-state index is 12.4. The fraction of sp³-hybridized carbons (Fsp3) is 0.400. The number of nitrogens with one attached hydrogen (secondary N) is 2. The first-order valence-corrected chi connectivity index (χ1v) is 7.34. The Hall–Kier alpha value is -1.92. The van der Waals surface area contributed by atoms with E-state index in [1.807, 2.05) is 0 Å². The van der Waals surface area contributed by atoms with Gasteiger partial charge in [-0.3, -0.25) is 5.10 Å². The van der Waals surface area contributed by atoms with Crippen LogP contribution in [0.3, 0.4) is 0 Å². The van der Waals surface area contributed by atoms with E-state index in [0.717, 1.165) is 10.7 Å². The highest BCUT2D eigenvalue weighted by Crippen LogP contribution is 2.27. The molecule has 122 valence electrons. The van der Waals surface area contributed by atoms with Gasteiger partial charge in [-0.1, -0.05) is 0 Å². The van der Waals surface area contributed by atoms with Gasteiger partial charge < -0.3 is 4.74 Å². The fourth-order valence-corrected chi connectivity index (χ4v) is 2.72. The minimum atomic E-state index is -4.59. The highest BCUT2D eigenvalue weighted by molar-refractivity contribution is 7.89. The molecule has 0 aliphatic carbocycles. The lowest BCUT2D eigenvalue weighted by atomic mass is 10.3. The number of ether oxygens (including phenoxy) is 1. The SMILES string of the molecule is COCn1nccc1S(=O)(=O)NCc1cc(C(F)(F)F)n[nH]1. The molecular formula is C10H12F3N5O3S. The van der Waals surface area contributed by atoms with E-state index in [1.165, 1.54) is 19.4 Å². The Morgan fingerprint density at radius 2 is 2.18 bits per heavy atom. The average Bonchev–Trinajstić information content (AvgIpc) is 3.05. The molecule has 0 aliphatic heterocycles. The predicted octanol–water partition coefficient (Wildman–Crippen LogP) is 0.707. The van der Waals surface area contributed by atoms with Crippen LogP contribution in [-0.2, 0) is 34.2 Å². The minimum Gasteiger partial charge on any atom is -0.362 e. The summed E-state index contributed by atoms with van der Waals surface area (Å²) >= 11 is 0. The van der Waals surface area contributed by atoms with Crippen LogP contribution in [0.15, 0.2) is 23.4 Å². The van der Waals surface area contributed by atoms with E-state index in [2.05, 4.69) is 20.0 Å². The van der Waals surface area contributed by atoms with Crippen LogP contribution in [0.4, 0.5) is 13.2 Å². The molecule has 0 unspecified atom stereocenters. The van der Waals surface area contributed by atoms with Crippen LogP contribution < -0.4 is 4.72 Å². The molecule has 12 heteroatoms.